The van der Waals surface area contributed by atoms with Crippen molar-refractivity contribution in [2.24, 2.45) is 11.5 Å². The summed E-state index contributed by atoms with van der Waals surface area (Å²) in [6, 6.07) is 22.2. The molecule has 164 valence electrons. The van der Waals surface area contributed by atoms with Crippen LogP contribution in [0.4, 0.5) is 0 Å². The van der Waals surface area contributed by atoms with E-state index in [1.165, 1.54) is 72.4 Å². The first kappa shape index (κ1) is 23.2. The zero-order valence-corrected chi connectivity index (χ0v) is 18.9. The number of unbranched alkanes of at least 4 members (excludes halogenated alkanes) is 6. The second-order valence-corrected chi connectivity index (χ2v) is 8.58. The van der Waals surface area contributed by atoms with Crippen molar-refractivity contribution >= 4 is 10.8 Å². The lowest BCUT2D eigenvalue weighted by atomic mass is 9.92. The van der Waals surface area contributed by atoms with Gasteiger partial charge in [-0.3, -0.25) is 0 Å². The van der Waals surface area contributed by atoms with Crippen molar-refractivity contribution in [1.29, 1.82) is 0 Å². The largest absolute Gasteiger partial charge is 0.330 e. The zero-order valence-electron chi connectivity index (χ0n) is 18.9. The van der Waals surface area contributed by atoms with Crippen LogP contribution in [0, 0.1) is 0 Å². The molecule has 3 rings (SSSR count). The number of rotatable bonds is 13. The van der Waals surface area contributed by atoms with E-state index in [0.717, 1.165) is 24.9 Å². The third kappa shape index (κ3) is 6.53. The maximum Gasteiger partial charge on any atom is 0.0329 e. The summed E-state index contributed by atoms with van der Waals surface area (Å²) in [5, 5.41) is 2.72. The second kappa shape index (κ2) is 12.4. The van der Waals surface area contributed by atoms with Crippen molar-refractivity contribution in [3.05, 3.63) is 84.4 Å². The van der Waals surface area contributed by atoms with Gasteiger partial charge >= 0.3 is 0 Å². The molecular weight excluding hydrogens is 376 g/mol. The Kier molecular flexibility index (Phi) is 9.33. The molecule has 0 amide bonds. The molecule has 2 nitrogen and oxygen atoms in total. The molecule has 0 aromatic heterocycles. The summed E-state index contributed by atoms with van der Waals surface area (Å²) in [7, 11) is 0. The van der Waals surface area contributed by atoms with Gasteiger partial charge in [-0.05, 0) is 65.3 Å². The highest BCUT2D eigenvalue weighted by atomic mass is 14.6. The van der Waals surface area contributed by atoms with Crippen LogP contribution in [-0.2, 0) is 6.42 Å². The number of nitrogens with two attached hydrogens (primary N) is 2. The van der Waals surface area contributed by atoms with E-state index in [2.05, 4.69) is 67.2 Å². The Morgan fingerprint density at radius 2 is 1.39 bits per heavy atom. The maximum absolute atomic E-state index is 6.23. The Hall–Kier alpha value is -2.42. The molecular formula is C29H38N2. The van der Waals surface area contributed by atoms with Crippen LogP contribution >= 0.6 is 0 Å². The predicted octanol–water partition coefficient (Wildman–Crippen LogP) is 7.31. The molecule has 0 heterocycles. The van der Waals surface area contributed by atoms with E-state index in [1.807, 2.05) is 6.08 Å². The van der Waals surface area contributed by atoms with Crippen LogP contribution in [0.3, 0.4) is 0 Å². The van der Waals surface area contributed by atoms with Crippen LogP contribution in [0.5, 0.6) is 0 Å². The van der Waals surface area contributed by atoms with E-state index in [9.17, 15) is 0 Å². The highest BCUT2D eigenvalue weighted by molar-refractivity contribution is 5.98. The third-order valence-corrected chi connectivity index (χ3v) is 6.24. The summed E-state index contributed by atoms with van der Waals surface area (Å²) >= 11 is 0. The minimum atomic E-state index is 0.0198. The van der Waals surface area contributed by atoms with Crippen LogP contribution in [-0.4, -0.2) is 6.54 Å². The summed E-state index contributed by atoms with van der Waals surface area (Å²) < 4.78 is 0. The van der Waals surface area contributed by atoms with Gasteiger partial charge in [0.2, 0.25) is 0 Å². The second-order valence-electron chi connectivity index (χ2n) is 8.58. The van der Waals surface area contributed by atoms with Gasteiger partial charge in [0.15, 0.2) is 0 Å². The lowest BCUT2D eigenvalue weighted by Gasteiger charge is -2.14. The minimum Gasteiger partial charge on any atom is -0.330 e. The molecule has 31 heavy (non-hydrogen) atoms. The molecule has 2 heteroatoms. The lowest BCUT2D eigenvalue weighted by Crippen LogP contribution is -2.08. The average Bonchev–Trinajstić information content (AvgIpc) is 2.81. The van der Waals surface area contributed by atoms with E-state index in [-0.39, 0.29) is 6.04 Å². The standard InChI is InChI=1S/C29H38N2/c1-2-12-29(31)25-18-16-24(17-19-25)27-21-20-23(26-14-9-10-15-28(26)27)13-8-6-4-3-5-7-11-22-30/h2,9-10,14-21,29H,1,3-8,11-13,22,30-31H2. The number of aryl methyl sites for hydroxylation is 1. The Balaban J connectivity index is 1.68. The molecule has 0 radical (unpaired) electrons. The first-order valence-electron chi connectivity index (χ1n) is 11.9. The highest BCUT2D eigenvalue weighted by Crippen LogP contribution is 2.32. The smallest absolute Gasteiger partial charge is 0.0329 e. The van der Waals surface area contributed by atoms with Gasteiger partial charge in [0.1, 0.15) is 0 Å². The molecule has 0 fully saturated rings. The van der Waals surface area contributed by atoms with Crippen LogP contribution in [0.25, 0.3) is 21.9 Å². The fourth-order valence-electron chi connectivity index (χ4n) is 4.40. The molecule has 0 bridgehead atoms. The molecule has 0 saturated carbocycles. The van der Waals surface area contributed by atoms with Crippen molar-refractivity contribution in [3.63, 3.8) is 0 Å². The maximum atomic E-state index is 6.23. The van der Waals surface area contributed by atoms with Gasteiger partial charge < -0.3 is 11.5 Å². The highest BCUT2D eigenvalue weighted by Gasteiger charge is 2.09. The fourth-order valence-corrected chi connectivity index (χ4v) is 4.40. The van der Waals surface area contributed by atoms with Crippen molar-refractivity contribution in [2.45, 2.75) is 63.8 Å². The molecule has 0 aliphatic carbocycles. The number of fused-ring (bicyclic) bond motifs is 1. The van der Waals surface area contributed by atoms with Gasteiger partial charge in [0.05, 0.1) is 0 Å². The van der Waals surface area contributed by atoms with Crippen LogP contribution in [0.2, 0.25) is 0 Å². The van der Waals surface area contributed by atoms with E-state index in [4.69, 9.17) is 11.5 Å². The van der Waals surface area contributed by atoms with E-state index >= 15 is 0 Å². The molecule has 0 aliphatic heterocycles. The first-order valence-corrected chi connectivity index (χ1v) is 11.9. The van der Waals surface area contributed by atoms with Crippen molar-refractivity contribution in [2.75, 3.05) is 6.54 Å². The Morgan fingerprint density at radius 3 is 2.06 bits per heavy atom. The fraction of sp³-hybridized carbons (Fsp3) is 0.379. The van der Waals surface area contributed by atoms with E-state index in [1.54, 1.807) is 0 Å². The van der Waals surface area contributed by atoms with Gasteiger partial charge in [0, 0.05) is 6.04 Å². The summed E-state index contributed by atoms with van der Waals surface area (Å²) in [4.78, 5) is 0. The quantitative estimate of drug-likeness (QED) is 0.227. The molecule has 0 spiro atoms. The zero-order chi connectivity index (χ0) is 21.9. The molecule has 0 saturated heterocycles. The van der Waals surface area contributed by atoms with E-state index < -0.39 is 0 Å². The molecule has 3 aromatic carbocycles. The first-order chi connectivity index (χ1) is 15.2. The number of benzene rings is 3. The summed E-state index contributed by atoms with van der Waals surface area (Å²) in [6.07, 6.45) is 12.9. The SMILES string of the molecule is C=CCC(N)c1ccc(-c2ccc(CCCCCCCCCN)c3ccccc23)cc1. The normalized spacial score (nSPS) is 12.2. The summed E-state index contributed by atoms with van der Waals surface area (Å²) in [5.41, 5.74) is 17.0. The molecule has 0 aliphatic rings. The molecule has 4 N–H and O–H groups in total. The van der Waals surface area contributed by atoms with Gasteiger partial charge in [-0.25, -0.2) is 0 Å². The lowest BCUT2D eigenvalue weighted by molar-refractivity contribution is 0.582. The molecule has 1 atom stereocenters. The van der Waals surface area contributed by atoms with Gasteiger partial charge in [-0.15, -0.1) is 6.58 Å². The topological polar surface area (TPSA) is 52.0 Å². The van der Waals surface area contributed by atoms with Crippen LogP contribution in [0.1, 0.15) is 68.5 Å². The van der Waals surface area contributed by atoms with E-state index in [0.29, 0.717) is 0 Å². The molecule has 1 unspecified atom stereocenters. The van der Waals surface area contributed by atoms with Gasteiger partial charge in [-0.1, -0.05) is 98.8 Å². The third-order valence-electron chi connectivity index (χ3n) is 6.24. The predicted molar refractivity (Wildman–Crippen MR) is 136 cm³/mol. The van der Waals surface area contributed by atoms with Crippen molar-refractivity contribution in [1.82, 2.24) is 0 Å². The van der Waals surface area contributed by atoms with Crippen molar-refractivity contribution in [3.8, 4) is 11.1 Å². The summed E-state index contributed by atoms with van der Waals surface area (Å²) in [5.74, 6) is 0. The average molecular weight is 415 g/mol. The minimum absolute atomic E-state index is 0.0198. The Bertz CT molecular complexity index is 943. The van der Waals surface area contributed by atoms with Crippen molar-refractivity contribution < 1.29 is 0 Å². The molecule has 3 aromatic rings. The van der Waals surface area contributed by atoms with Gasteiger partial charge in [-0.2, -0.15) is 0 Å². The van der Waals surface area contributed by atoms with Crippen LogP contribution in [0.15, 0.2) is 73.3 Å². The monoisotopic (exact) mass is 414 g/mol. The van der Waals surface area contributed by atoms with Gasteiger partial charge in [0.25, 0.3) is 0 Å². The summed E-state index contributed by atoms with van der Waals surface area (Å²) in [6.45, 7) is 4.63. The Morgan fingerprint density at radius 1 is 0.742 bits per heavy atom. The number of hydrogen-bond acceptors (Lipinski definition) is 2. The van der Waals surface area contributed by atoms with Crippen LogP contribution < -0.4 is 11.5 Å². The Labute approximate surface area is 188 Å². The number of hydrogen-bond donors (Lipinski definition) is 2.